The number of carbonyl (C=O) groups is 1. The zero-order chi connectivity index (χ0) is 9.14. The molecule has 1 heterocycles. The fourth-order valence-electron chi connectivity index (χ4n) is 0.944. The number of hydrogen-bond acceptors (Lipinski definition) is 2. The van der Waals surface area contributed by atoms with Crippen molar-refractivity contribution in [2.45, 2.75) is 12.8 Å². The Kier molecular flexibility index (Phi) is 2.32. The van der Waals surface area contributed by atoms with E-state index in [9.17, 15) is 9.59 Å². The minimum absolute atomic E-state index is 0.0468. The van der Waals surface area contributed by atoms with Crippen LogP contribution in [0.5, 0.6) is 0 Å². The minimum atomic E-state index is -0.858. The highest BCUT2D eigenvalue weighted by Crippen LogP contribution is 1.97. The van der Waals surface area contributed by atoms with Crippen molar-refractivity contribution in [3.05, 3.63) is 22.4 Å². The van der Waals surface area contributed by atoms with Gasteiger partial charge in [-0.05, 0) is 6.42 Å². The molecule has 0 unspecified atom stereocenters. The molecule has 0 radical (unpaired) electrons. The first-order valence-electron chi connectivity index (χ1n) is 3.56. The first-order chi connectivity index (χ1) is 5.61. The lowest BCUT2D eigenvalue weighted by Gasteiger charge is -1.96. The molecule has 5 nitrogen and oxygen atoms in total. The zero-order valence-electron chi connectivity index (χ0n) is 6.70. The highest BCUT2D eigenvalue weighted by Gasteiger charge is 2.03. The van der Waals surface area contributed by atoms with E-state index in [1.807, 2.05) is 0 Å². The number of aryl methyl sites for hydroxylation is 1. The van der Waals surface area contributed by atoms with E-state index in [1.54, 1.807) is 7.05 Å². The number of carboxylic acids is 1. The fraction of sp³-hybridized carbons (Fsp3) is 0.429. The van der Waals surface area contributed by atoms with Gasteiger partial charge in [0, 0.05) is 18.9 Å². The Labute approximate surface area is 68.6 Å². The van der Waals surface area contributed by atoms with Crippen molar-refractivity contribution in [2.75, 3.05) is 0 Å². The highest BCUT2D eigenvalue weighted by atomic mass is 16.4. The van der Waals surface area contributed by atoms with Gasteiger partial charge in [0.25, 0.3) is 0 Å². The average Bonchev–Trinajstić information content (AvgIpc) is 2.30. The summed E-state index contributed by atoms with van der Waals surface area (Å²) in [5, 5.41) is 8.37. The Bertz CT molecular complexity index is 337. The Balaban J connectivity index is 2.70. The van der Waals surface area contributed by atoms with Gasteiger partial charge in [0.1, 0.15) is 0 Å². The molecule has 0 saturated heterocycles. The van der Waals surface area contributed by atoms with Crippen molar-refractivity contribution in [2.24, 2.45) is 7.05 Å². The number of rotatable bonds is 3. The first kappa shape index (κ1) is 8.58. The molecule has 0 aliphatic heterocycles. The number of hydrogen-bond donors (Lipinski definition) is 2. The number of imidazole rings is 1. The monoisotopic (exact) mass is 170 g/mol. The van der Waals surface area contributed by atoms with Gasteiger partial charge < -0.3 is 10.1 Å². The van der Waals surface area contributed by atoms with Gasteiger partial charge in [-0.2, -0.15) is 0 Å². The Morgan fingerprint density at radius 3 is 2.83 bits per heavy atom. The van der Waals surface area contributed by atoms with E-state index in [1.165, 1.54) is 10.8 Å². The SMILES string of the molecule is Cn1c(CCC(=O)O)c[nH]c1=O. The summed E-state index contributed by atoms with van der Waals surface area (Å²) in [7, 11) is 1.61. The molecule has 5 heteroatoms. The van der Waals surface area contributed by atoms with Gasteiger partial charge in [-0.1, -0.05) is 0 Å². The Morgan fingerprint density at radius 2 is 2.42 bits per heavy atom. The second kappa shape index (κ2) is 3.25. The van der Waals surface area contributed by atoms with Crippen LogP contribution in [0.2, 0.25) is 0 Å². The summed E-state index contributed by atoms with van der Waals surface area (Å²) in [4.78, 5) is 23.5. The number of H-pyrrole nitrogens is 1. The van der Waals surface area contributed by atoms with Crippen molar-refractivity contribution in [3.8, 4) is 0 Å². The molecule has 1 aromatic heterocycles. The number of aromatic nitrogens is 2. The van der Waals surface area contributed by atoms with Gasteiger partial charge in [-0.25, -0.2) is 4.79 Å². The maximum absolute atomic E-state index is 10.8. The van der Waals surface area contributed by atoms with E-state index in [-0.39, 0.29) is 12.1 Å². The van der Waals surface area contributed by atoms with Crippen LogP contribution < -0.4 is 5.69 Å². The molecule has 12 heavy (non-hydrogen) atoms. The number of nitrogens with one attached hydrogen (secondary N) is 1. The predicted octanol–water partition coefficient (Wildman–Crippen LogP) is -0.269. The quantitative estimate of drug-likeness (QED) is 0.655. The lowest BCUT2D eigenvalue weighted by Crippen LogP contribution is -2.15. The largest absolute Gasteiger partial charge is 0.481 e. The molecule has 0 saturated carbocycles. The smallest absolute Gasteiger partial charge is 0.325 e. The lowest BCUT2D eigenvalue weighted by atomic mass is 10.2. The normalized spacial score (nSPS) is 10.1. The molecule has 0 fully saturated rings. The van der Waals surface area contributed by atoms with Gasteiger partial charge >= 0.3 is 11.7 Å². The Morgan fingerprint density at radius 1 is 1.75 bits per heavy atom. The summed E-state index contributed by atoms with van der Waals surface area (Å²) in [5.41, 5.74) is 0.498. The van der Waals surface area contributed by atoms with E-state index in [4.69, 9.17) is 5.11 Å². The van der Waals surface area contributed by atoms with Crippen molar-refractivity contribution >= 4 is 5.97 Å². The summed E-state index contributed by atoms with van der Waals surface area (Å²) in [6, 6.07) is 0. The third kappa shape index (κ3) is 1.75. The van der Waals surface area contributed by atoms with Gasteiger partial charge in [-0.15, -0.1) is 0 Å². The van der Waals surface area contributed by atoms with Crippen LogP contribution in [0.15, 0.2) is 11.0 Å². The van der Waals surface area contributed by atoms with Crippen molar-refractivity contribution in [1.82, 2.24) is 9.55 Å². The van der Waals surface area contributed by atoms with Crippen molar-refractivity contribution < 1.29 is 9.90 Å². The van der Waals surface area contributed by atoms with E-state index in [2.05, 4.69) is 4.98 Å². The molecule has 0 aliphatic rings. The number of aromatic amines is 1. The minimum Gasteiger partial charge on any atom is -0.481 e. The van der Waals surface area contributed by atoms with Crippen LogP contribution >= 0.6 is 0 Å². The van der Waals surface area contributed by atoms with Crippen LogP contribution in [0, 0.1) is 0 Å². The van der Waals surface area contributed by atoms with Crippen molar-refractivity contribution in [1.29, 1.82) is 0 Å². The topological polar surface area (TPSA) is 75.1 Å². The molecule has 0 atom stereocenters. The fourth-order valence-corrected chi connectivity index (χ4v) is 0.944. The van der Waals surface area contributed by atoms with Crippen molar-refractivity contribution in [3.63, 3.8) is 0 Å². The van der Waals surface area contributed by atoms with Crippen LogP contribution in [-0.4, -0.2) is 20.6 Å². The molecule has 2 N–H and O–H groups in total. The number of nitrogens with zero attached hydrogens (tertiary/aromatic N) is 1. The van der Waals surface area contributed by atoms with E-state index < -0.39 is 5.97 Å². The average molecular weight is 170 g/mol. The molecule has 66 valence electrons. The third-order valence-corrected chi connectivity index (χ3v) is 1.69. The van der Waals surface area contributed by atoms with Crippen LogP contribution in [-0.2, 0) is 18.3 Å². The van der Waals surface area contributed by atoms with Gasteiger partial charge in [-0.3, -0.25) is 9.36 Å². The second-order valence-corrected chi connectivity index (χ2v) is 2.54. The summed E-state index contributed by atoms with van der Waals surface area (Å²) in [6.45, 7) is 0. The predicted molar refractivity (Wildman–Crippen MR) is 42.0 cm³/mol. The summed E-state index contributed by atoms with van der Waals surface area (Å²) in [6.07, 6.45) is 1.96. The van der Waals surface area contributed by atoms with E-state index >= 15 is 0 Å². The molecule has 1 aromatic rings. The van der Waals surface area contributed by atoms with Crippen LogP contribution in [0.4, 0.5) is 0 Å². The van der Waals surface area contributed by atoms with Gasteiger partial charge in [0.2, 0.25) is 0 Å². The van der Waals surface area contributed by atoms with Gasteiger partial charge in [0.15, 0.2) is 0 Å². The zero-order valence-corrected chi connectivity index (χ0v) is 6.70. The molecule has 0 aromatic carbocycles. The lowest BCUT2D eigenvalue weighted by molar-refractivity contribution is -0.136. The maximum Gasteiger partial charge on any atom is 0.325 e. The standard InChI is InChI=1S/C7H10N2O3/c1-9-5(2-3-6(10)11)4-8-7(9)12/h4H,2-3H2,1H3,(H,8,12)(H,10,11). The summed E-state index contributed by atoms with van der Waals surface area (Å²) < 4.78 is 1.41. The maximum atomic E-state index is 10.8. The molecular formula is C7H10N2O3. The molecule has 0 amide bonds. The first-order valence-corrected chi connectivity index (χ1v) is 3.56. The molecular weight excluding hydrogens is 160 g/mol. The van der Waals surface area contributed by atoms with Crippen LogP contribution in [0.25, 0.3) is 0 Å². The van der Waals surface area contributed by atoms with Crippen LogP contribution in [0.3, 0.4) is 0 Å². The highest BCUT2D eigenvalue weighted by molar-refractivity contribution is 5.66. The molecule has 0 bridgehead atoms. The summed E-state index contributed by atoms with van der Waals surface area (Å²) >= 11 is 0. The molecule has 1 rings (SSSR count). The number of aliphatic carboxylic acids is 1. The molecule has 0 spiro atoms. The molecule has 0 aliphatic carbocycles. The second-order valence-electron chi connectivity index (χ2n) is 2.54. The summed E-state index contributed by atoms with van der Waals surface area (Å²) in [5.74, 6) is -0.858. The Hall–Kier alpha value is -1.52. The third-order valence-electron chi connectivity index (χ3n) is 1.69. The van der Waals surface area contributed by atoms with Crippen LogP contribution in [0.1, 0.15) is 12.1 Å². The number of carboxylic acid groups (broad SMARTS) is 1. The van der Waals surface area contributed by atoms with E-state index in [0.29, 0.717) is 12.1 Å². The van der Waals surface area contributed by atoms with E-state index in [0.717, 1.165) is 0 Å². The van der Waals surface area contributed by atoms with Gasteiger partial charge in [0.05, 0.1) is 6.42 Å².